The molecular weight excluding hydrogens is 356 g/mol. The van der Waals surface area contributed by atoms with Crippen LogP contribution in [0.15, 0.2) is 34.8 Å². The van der Waals surface area contributed by atoms with E-state index in [2.05, 4.69) is 46.9 Å². The Hall–Kier alpha value is -1.10. The van der Waals surface area contributed by atoms with Crippen LogP contribution in [0.25, 0.3) is 16.7 Å². The molecule has 0 saturated heterocycles. The molecule has 2 nitrogen and oxygen atoms in total. The summed E-state index contributed by atoms with van der Waals surface area (Å²) in [4.78, 5) is 3.20. The van der Waals surface area contributed by atoms with E-state index in [-0.39, 0.29) is 0 Å². The molecule has 0 unspecified atom stereocenters. The Labute approximate surface area is 135 Å². The fourth-order valence-electron chi connectivity index (χ4n) is 2.41. The van der Waals surface area contributed by atoms with Gasteiger partial charge in [-0.2, -0.15) is 0 Å². The Morgan fingerprint density at radius 2 is 1.85 bits per heavy atom. The van der Waals surface area contributed by atoms with E-state index >= 15 is 0 Å². The number of imidazole rings is 1. The molecule has 0 spiro atoms. The smallest absolute Gasteiger partial charge is 0.182 e. The molecule has 20 heavy (non-hydrogen) atoms. The number of fused-ring (bicyclic) bond motifs is 1. The van der Waals surface area contributed by atoms with Crippen molar-refractivity contribution in [2.45, 2.75) is 13.8 Å². The van der Waals surface area contributed by atoms with Crippen LogP contribution in [0.2, 0.25) is 5.02 Å². The molecule has 3 rings (SSSR count). The minimum Gasteiger partial charge on any atom is -0.330 e. The maximum atomic E-state index is 6.34. The van der Waals surface area contributed by atoms with Crippen LogP contribution in [-0.2, 0) is 0 Å². The number of nitrogens with one attached hydrogen (secondary N) is 1. The van der Waals surface area contributed by atoms with Crippen LogP contribution in [-0.4, -0.2) is 9.55 Å². The van der Waals surface area contributed by atoms with E-state index in [1.165, 1.54) is 11.1 Å². The molecule has 0 saturated carbocycles. The predicted octanol–water partition coefficient (Wildman–Crippen LogP) is 5.72. The van der Waals surface area contributed by atoms with E-state index < -0.39 is 0 Å². The first-order valence-corrected chi connectivity index (χ1v) is 7.73. The van der Waals surface area contributed by atoms with Crippen molar-refractivity contribution in [3.05, 3.63) is 55.7 Å². The number of aromatic nitrogens is 2. The number of hydrogen-bond acceptors (Lipinski definition) is 1. The quantitative estimate of drug-likeness (QED) is 0.545. The summed E-state index contributed by atoms with van der Waals surface area (Å²) in [6, 6.07) is 9.97. The number of para-hydroxylation sites is 1. The monoisotopic (exact) mass is 366 g/mol. The van der Waals surface area contributed by atoms with Crippen LogP contribution < -0.4 is 0 Å². The molecule has 102 valence electrons. The second kappa shape index (κ2) is 5.02. The average Bonchev–Trinajstić information content (AvgIpc) is 2.73. The standard InChI is InChI=1S/C15H12BrClN2S/c1-8-6-10(7-9(2)13(8)16)19-14-11(17)4-3-5-12(14)18-15(19)20/h3-7H,1-2H3,(H,18,20). The molecule has 0 atom stereocenters. The molecule has 0 amide bonds. The van der Waals surface area contributed by atoms with Gasteiger partial charge in [0.15, 0.2) is 4.77 Å². The number of aromatic amines is 1. The van der Waals surface area contributed by atoms with Gasteiger partial charge in [-0.25, -0.2) is 0 Å². The van der Waals surface area contributed by atoms with Crippen molar-refractivity contribution < 1.29 is 0 Å². The maximum Gasteiger partial charge on any atom is 0.182 e. The Kier molecular flexibility index (Phi) is 3.48. The fourth-order valence-corrected chi connectivity index (χ4v) is 3.21. The van der Waals surface area contributed by atoms with Gasteiger partial charge in [-0.05, 0) is 61.5 Å². The minimum absolute atomic E-state index is 0.647. The fraction of sp³-hybridized carbons (Fsp3) is 0.133. The van der Waals surface area contributed by atoms with Crippen molar-refractivity contribution in [2.75, 3.05) is 0 Å². The maximum absolute atomic E-state index is 6.34. The molecular formula is C15H12BrClN2S. The zero-order valence-electron chi connectivity index (χ0n) is 11.0. The third-order valence-electron chi connectivity index (χ3n) is 3.33. The van der Waals surface area contributed by atoms with E-state index in [0.29, 0.717) is 9.79 Å². The normalized spacial score (nSPS) is 11.2. The summed E-state index contributed by atoms with van der Waals surface area (Å²) in [6.07, 6.45) is 0. The van der Waals surface area contributed by atoms with E-state index in [0.717, 1.165) is 21.2 Å². The third-order valence-corrected chi connectivity index (χ3v) is 5.17. The first-order valence-electron chi connectivity index (χ1n) is 6.15. The van der Waals surface area contributed by atoms with Crippen molar-refractivity contribution >= 4 is 50.8 Å². The molecule has 2 aromatic carbocycles. The van der Waals surface area contributed by atoms with Gasteiger partial charge < -0.3 is 4.98 Å². The first-order chi connectivity index (χ1) is 9.49. The Morgan fingerprint density at radius 1 is 1.20 bits per heavy atom. The zero-order valence-corrected chi connectivity index (χ0v) is 14.2. The van der Waals surface area contributed by atoms with Crippen molar-refractivity contribution in [3.63, 3.8) is 0 Å². The second-order valence-electron chi connectivity index (χ2n) is 4.80. The van der Waals surface area contributed by atoms with Crippen LogP contribution in [0, 0.1) is 18.6 Å². The Bertz CT molecular complexity index is 856. The highest BCUT2D eigenvalue weighted by atomic mass is 79.9. The van der Waals surface area contributed by atoms with Gasteiger partial charge >= 0.3 is 0 Å². The van der Waals surface area contributed by atoms with Crippen LogP contribution in [0.4, 0.5) is 0 Å². The van der Waals surface area contributed by atoms with Gasteiger partial charge in [0.05, 0.1) is 16.1 Å². The Balaban J connectivity index is 2.41. The third kappa shape index (κ3) is 2.12. The molecule has 0 aliphatic rings. The number of H-pyrrole nitrogens is 1. The summed E-state index contributed by atoms with van der Waals surface area (Å²) in [6.45, 7) is 4.14. The summed E-state index contributed by atoms with van der Waals surface area (Å²) in [5, 5.41) is 0.688. The number of halogens is 2. The van der Waals surface area contributed by atoms with Gasteiger partial charge in [0, 0.05) is 10.2 Å². The van der Waals surface area contributed by atoms with Gasteiger partial charge in [0.2, 0.25) is 0 Å². The number of benzene rings is 2. The van der Waals surface area contributed by atoms with Crippen molar-refractivity contribution in [1.82, 2.24) is 9.55 Å². The van der Waals surface area contributed by atoms with Gasteiger partial charge in [0.1, 0.15) is 0 Å². The lowest BCUT2D eigenvalue weighted by atomic mass is 10.1. The lowest BCUT2D eigenvalue weighted by Crippen LogP contribution is -1.97. The van der Waals surface area contributed by atoms with Crippen LogP contribution in [0.5, 0.6) is 0 Å². The lowest BCUT2D eigenvalue weighted by molar-refractivity contribution is 1.05. The molecule has 0 radical (unpaired) electrons. The summed E-state index contributed by atoms with van der Waals surface area (Å²) >= 11 is 15.4. The summed E-state index contributed by atoms with van der Waals surface area (Å²) < 4.78 is 3.76. The van der Waals surface area contributed by atoms with E-state index in [4.69, 9.17) is 23.8 Å². The highest BCUT2D eigenvalue weighted by molar-refractivity contribution is 9.10. The SMILES string of the molecule is Cc1cc(-n2c(=S)[nH]c3cccc(Cl)c32)cc(C)c1Br. The van der Waals surface area contributed by atoms with Gasteiger partial charge in [-0.1, -0.05) is 33.6 Å². The molecule has 3 aromatic rings. The summed E-state index contributed by atoms with van der Waals surface area (Å²) in [5.74, 6) is 0. The topological polar surface area (TPSA) is 20.7 Å². The highest BCUT2D eigenvalue weighted by Crippen LogP contribution is 2.29. The van der Waals surface area contributed by atoms with Crippen molar-refractivity contribution in [1.29, 1.82) is 0 Å². The number of rotatable bonds is 1. The average molecular weight is 368 g/mol. The molecule has 0 aliphatic heterocycles. The van der Waals surface area contributed by atoms with Crippen LogP contribution in [0.1, 0.15) is 11.1 Å². The molecule has 0 aliphatic carbocycles. The highest BCUT2D eigenvalue weighted by Gasteiger charge is 2.11. The molecule has 5 heteroatoms. The van der Waals surface area contributed by atoms with Gasteiger partial charge in [-0.3, -0.25) is 4.57 Å². The summed E-state index contributed by atoms with van der Waals surface area (Å²) in [7, 11) is 0. The van der Waals surface area contributed by atoms with Crippen LogP contribution in [0.3, 0.4) is 0 Å². The molecule has 0 bridgehead atoms. The molecule has 1 heterocycles. The molecule has 1 N–H and O–H groups in total. The molecule has 1 aromatic heterocycles. The first kappa shape index (κ1) is 13.9. The van der Waals surface area contributed by atoms with Crippen molar-refractivity contribution in [3.8, 4) is 5.69 Å². The Morgan fingerprint density at radius 3 is 2.50 bits per heavy atom. The van der Waals surface area contributed by atoms with Crippen LogP contribution >= 0.6 is 39.7 Å². The van der Waals surface area contributed by atoms with E-state index in [1.807, 2.05) is 22.8 Å². The largest absolute Gasteiger partial charge is 0.330 e. The van der Waals surface area contributed by atoms with E-state index in [9.17, 15) is 0 Å². The van der Waals surface area contributed by atoms with Gasteiger partial charge in [0.25, 0.3) is 0 Å². The molecule has 0 fully saturated rings. The summed E-state index contributed by atoms with van der Waals surface area (Å²) in [5.41, 5.74) is 5.22. The van der Waals surface area contributed by atoms with Crippen molar-refractivity contribution in [2.24, 2.45) is 0 Å². The minimum atomic E-state index is 0.647. The number of hydrogen-bond donors (Lipinski definition) is 1. The predicted molar refractivity (Wildman–Crippen MR) is 90.6 cm³/mol. The number of aryl methyl sites for hydroxylation is 2. The zero-order chi connectivity index (χ0) is 14.4. The second-order valence-corrected chi connectivity index (χ2v) is 6.38. The van der Waals surface area contributed by atoms with E-state index in [1.54, 1.807) is 0 Å². The van der Waals surface area contributed by atoms with Gasteiger partial charge in [-0.15, -0.1) is 0 Å². The lowest BCUT2D eigenvalue weighted by Gasteiger charge is -2.10. The number of nitrogens with zero attached hydrogens (tertiary/aromatic N) is 1.